The molecule has 1 saturated heterocycles. The zero-order chi connectivity index (χ0) is 17.8. The maximum Gasteiger partial charge on any atom is 0.267 e. The minimum Gasteiger partial charge on any atom is -0.351 e. The van der Waals surface area contributed by atoms with Gasteiger partial charge in [0.05, 0.1) is 0 Å². The summed E-state index contributed by atoms with van der Waals surface area (Å²) in [5.74, 6) is -0.257. The van der Waals surface area contributed by atoms with Crippen molar-refractivity contribution in [3.05, 3.63) is 45.2 Å². The normalized spacial score (nSPS) is 15.0. The molecule has 150 valence electrons. The maximum atomic E-state index is 12.3. The lowest BCUT2D eigenvalue weighted by Crippen LogP contribution is -2.45. The van der Waals surface area contributed by atoms with Gasteiger partial charge in [-0.05, 0) is 38.2 Å². The van der Waals surface area contributed by atoms with Gasteiger partial charge in [0.1, 0.15) is 5.69 Å². The third kappa shape index (κ3) is 6.36. The van der Waals surface area contributed by atoms with Crippen LogP contribution in [0.25, 0.3) is 10.9 Å². The monoisotopic (exact) mass is 434 g/mol. The van der Waals surface area contributed by atoms with Crippen molar-refractivity contribution >= 4 is 53.2 Å². The second-order valence-corrected chi connectivity index (χ2v) is 6.93. The number of aromatic nitrogens is 1. The van der Waals surface area contributed by atoms with E-state index in [1.54, 1.807) is 18.2 Å². The predicted molar refractivity (Wildman–Crippen MR) is 115 cm³/mol. The molecular formula is C18H25Cl3N4O2. The lowest BCUT2D eigenvalue weighted by molar-refractivity contribution is 0.0944. The van der Waals surface area contributed by atoms with E-state index in [9.17, 15) is 9.59 Å². The molecule has 1 aromatic heterocycles. The quantitative estimate of drug-likeness (QED) is 0.708. The number of pyridine rings is 1. The lowest BCUT2D eigenvalue weighted by atomic mass is 10.2. The summed E-state index contributed by atoms with van der Waals surface area (Å²) >= 11 is 5.91. The van der Waals surface area contributed by atoms with Gasteiger partial charge in [-0.3, -0.25) is 9.59 Å². The van der Waals surface area contributed by atoms with Gasteiger partial charge in [-0.15, -0.1) is 24.8 Å². The number of halogens is 3. The average Bonchev–Trinajstić information content (AvgIpc) is 2.60. The molecule has 0 aliphatic carbocycles. The van der Waals surface area contributed by atoms with Gasteiger partial charge in [-0.25, -0.2) is 0 Å². The molecule has 9 heteroatoms. The van der Waals surface area contributed by atoms with Crippen LogP contribution in [0.5, 0.6) is 0 Å². The van der Waals surface area contributed by atoms with Crippen LogP contribution in [0.4, 0.5) is 0 Å². The lowest BCUT2D eigenvalue weighted by Gasteiger charge is -2.32. The van der Waals surface area contributed by atoms with Gasteiger partial charge in [0.15, 0.2) is 5.43 Å². The van der Waals surface area contributed by atoms with Gasteiger partial charge in [-0.2, -0.15) is 0 Å². The number of rotatable bonds is 5. The molecule has 0 radical (unpaired) electrons. The van der Waals surface area contributed by atoms with Gasteiger partial charge in [0.25, 0.3) is 5.91 Å². The van der Waals surface area contributed by atoms with Gasteiger partial charge >= 0.3 is 0 Å². The van der Waals surface area contributed by atoms with Crippen molar-refractivity contribution in [2.75, 3.05) is 46.3 Å². The molecule has 27 heavy (non-hydrogen) atoms. The Morgan fingerprint density at radius 2 is 1.89 bits per heavy atom. The first-order valence-electron chi connectivity index (χ1n) is 8.54. The summed E-state index contributed by atoms with van der Waals surface area (Å²) in [6, 6.07) is 6.34. The van der Waals surface area contributed by atoms with Crippen LogP contribution in [0, 0.1) is 0 Å². The molecule has 0 atom stereocenters. The van der Waals surface area contributed by atoms with Crippen molar-refractivity contribution in [2.45, 2.75) is 6.42 Å². The van der Waals surface area contributed by atoms with E-state index in [1.165, 1.54) is 6.07 Å². The van der Waals surface area contributed by atoms with E-state index in [1.807, 2.05) is 0 Å². The molecule has 1 aliphatic rings. The number of piperazine rings is 1. The number of aromatic amines is 1. The Morgan fingerprint density at radius 1 is 1.19 bits per heavy atom. The van der Waals surface area contributed by atoms with Crippen LogP contribution in [0.3, 0.4) is 0 Å². The molecule has 3 rings (SSSR count). The maximum absolute atomic E-state index is 12.3. The van der Waals surface area contributed by atoms with Crippen molar-refractivity contribution in [1.82, 2.24) is 20.1 Å². The van der Waals surface area contributed by atoms with Crippen LogP contribution in [0.1, 0.15) is 16.9 Å². The molecule has 2 N–H and O–H groups in total. The fourth-order valence-electron chi connectivity index (χ4n) is 3.01. The zero-order valence-electron chi connectivity index (χ0n) is 15.2. The minimum absolute atomic E-state index is 0. The van der Waals surface area contributed by atoms with Crippen molar-refractivity contribution in [2.24, 2.45) is 0 Å². The Bertz CT molecular complexity index is 820. The number of H-pyrrole nitrogens is 1. The Morgan fingerprint density at radius 3 is 2.59 bits per heavy atom. The average molecular weight is 436 g/mol. The largest absolute Gasteiger partial charge is 0.351 e. The molecule has 2 aromatic rings. The van der Waals surface area contributed by atoms with E-state index >= 15 is 0 Å². The van der Waals surface area contributed by atoms with E-state index in [0.717, 1.165) is 39.1 Å². The van der Waals surface area contributed by atoms with Crippen molar-refractivity contribution in [3.8, 4) is 0 Å². The summed E-state index contributed by atoms with van der Waals surface area (Å²) in [5, 5.41) is 3.86. The highest BCUT2D eigenvalue weighted by Gasteiger charge is 2.13. The summed E-state index contributed by atoms with van der Waals surface area (Å²) in [4.78, 5) is 32.2. The van der Waals surface area contributed by atoms with Gasteiger partial charge in [-0.1, -0.05) is 11.6 Å². The Balaban J connectivity index is 0.00000182. The molecule has 6 nitrogen and oxygen atoms in total. The molecule has 0 unspecified atom stereocenters. The highest BCUT2D eigenvalue weighted by atomic mass is 35.5. The SMILES string of the molecule is CN1CCN(CCCNC(=O)c2cc(=O)c3cc(Cl)ccc3[nH]2)CC1.Cl.Cl. The van der Waals surface area contributed by atoms with Crippen LogP contribution in [0.2, 0.25) is 5.02 Å². The second-order valence-electron chi connectivity index (χ2n) is 6.49. The summed E-state index contributed by atoms with van der Waals surface area (Å²) in [7, 11) is 2.13. The Kier molecular flexibility index (Phi) is 9.56. The first kappa shape index (κ1) is 23.7. The van der Waals surface area contributed by atoms with Crippen LogP contribution in [0.15, 0.2) is 29.1 Å². The number of hydrogen-bond acceptors (Lipinski definition) is 4. The highest BCUT2D eigenvalue weighted by molar-refractivity contribution is 6.31. The molecule has 2 heterocycles. The van der Waals surface area contributed by atoms with E-state index in [2.05, 4.69) is 27.1 Å². The minimum atomic E-state index is -0.257. The van der Waals surface area contributed by atoms with Crippen LogP contribution >= 0.6 is 36.4 Å². The van der Waals surface area contributed by atoms with E-state index in [0.29, 0.717) is 22.5 Å². The number of hydrogen-bond donors (Lipinski definition) is 2. The first-order chi connectivity index (χ1) is 12.0. The van der Waals surface area contributed by atoms with Gasteiger partial charge < -0.3 is 20.1 Å². The zero-order valence-corrected chi connectivity index (χ0v) is 17.6. The third-order valence-electron chi connectivity index (χ3n) is 4.57. The van der Waals surface area contributed by atoms with Gasteiger partial charge in [0, 0.05) is 54.7 Å². The van der Waals surface area contributed by atoms with E-state index in [-0.39, 0.29) is 41.8 Å². The number of fused-ring (bicyclic) bond motifs is 1. The summed E-state index contributed by atoms with van der Waals surface area (Å²) in [6.45, 7) is 5.89. The number of benzene rings is 1. The molecule has 0 bridgehead atoms. The first-order valence-corrected chi connectivity index (χ1v) is 8.92. The number of nitrogens with one attached hydrogen (secondary N) is 2. The second kappa shape index (κ2) is 10.9. The number of carbonyl (C=O) groups excluding carboxylic acids is 1. The smallest absolute Gasteiger partial charge is 0.267 e. The fraction of sp³-hybridized carbons (Fsp3) is 0.444. The predicted octanol–water partition coefficient (Wildman–Crippen LogP) is 2.39. The standard InChI is InChI=1S/C18H23ClN4O2.2ClH/c1-22-7-9-23(10-8-22)6-2-5-20-18(25)16-12-17(24)14-11-13(19)3-4-15(14)21-16;;/h3-4,11-12H,2,5-10H2,1H3,(H,20,25)(H,21,24);2*1H. The number of nitrogens with zero attached hydrogens (tertiary/aromatic N) is 2. The van der Waals surface area contributed by atoms with Crippen LogP contribution in [-0.4, -0.2) is 67.0 Å². The summed E-state index contributed by atoms with van der Waals surface area (Å²) in [5.41, 5.74) is 0.678. The molecule has 0 spiro atoms. The molecule has 1 fully saturated rings. The molecule has 1 aliphatic heterocycles. The number of likely N-dealkylation sites (N-methyl/N-ethyl adjacent to an activating group) is 1. The number of carbonyl (C=O) groups is 1. The molecule has 0 saturated carbocycles. The summed E-state index contributed by atoms with van der Waals surface area (Å²) in [6.07, 6.45) is 0.892. The fourth-order valence-corrected chi connectivity index (χ4v) is 3.19. The van der Waals surface area contributed by atoms with Crippen molar-refractivity contribution < 1.29 is 4.79 Å². The van der Waals surface area contributed by atoms with E-state index < -0.39 is 0 Å². The van der Waals surface area contributed by atoms with E-state index in [4.69, 9.17) is 11.6 Å². The van der Waals surface area contributed by atoms with Crippen LogP contribution in [-0.2, 0) is 0 Å². The Labute approximate surface area is 176 Å². The third-order valence-corrected chi connectivity index (χ3v) is 4.80. The molecule has 1 aromatic carbocycles. The van der Waals surface area contributed by atoms with Crippen molar-refractivity contribution in [3.63, 3.8) is 0 Å². The molecular weight excluding hydrogens is 411 g/mol. The number of amides is 1. The molecule has 1 amide bonds. The van der Waals surface area contributed by atoms with Crippen molar-refractivity contribution in [1.29, 1.82) is 0 Å². The van der Waals surface area contributed by atoms with Crippen LogP contribution < -0.4 is 10.7 Å². The highest BCUT2D eigenvalue weighted by Crippen LogP contribution is 2.15. The summed E-state index contributed by atoms with van der Waals surface area (Å²) < 4.78 is 0. The van der Waals surface area contributed by atoms with Gasteiger partial charge in [0.2, 0.25) is 0 Å². The Hall–Kier alpha value is -1.31. The topological polar surface area (TPSA) is 68.4 Å².